The first-order chi connectivity index (χ1) is 8.77. The van der Waals surface area contributed by atoms with Gasteiger partial charge >= 0.3 is 5.97 Å². The molecule has 0 aliphatic carbocycles. The van der Waals surface area contributed by atoms with E-state index in [0.717, 1.165) is 25.7 Å². The minimum Gasteiger partial charge on any atom is -0.466 e. The SMILES string of the molecule is CC/C=C\C/C=C/CCCCCCCOC(C)=O. The average molecular weight is 252 g/mol. The molecule has 0 saturated heterocycles. The lowest BCUT2D eigenvalue weighted by atomic mass is 10.1. The van der Waals surface area contributed by atoms with Crippen LogP contribution in [0.2, 0.25) is 0 Å². The van der Waals surface area contributed by atoms with Gasteiger partial charge < -0.3 is 4.74 Å². The van der Waals surface area contributed by atoms with Crippen molar-refractivity contribution in [2.75, 3.05) is 6.61 Å². The van der Waals surface area contributed by atoms with Gasteiger partial charge in [-0.1, -0.05) is 50.5 Å². The van der Waals surface area contributed by atoms with E-state index in [9.17, 15) is 4.79 Å². The maximum atomic E-state index is 10.5. The smallest absolute Gasteiger partial charge is 0.302 e. The third kappa shape index (κ3) is 14.9. The average Bonchev–Trinajstić information content (AvgIpc) is 2.34. The zero-order valence-corrected chi connectivity index (χ0v) is 12.0. The first-order valence-electron chi connectivity index (χ1n) is 7.20. The van der Waals surface area contributed by atoms with Crippen LogP contribution in [-0.4, -0.2) is 12.6 Å². The summed E-state index contributed by atoms with van der Waals surface area (Å²) in [6.07, 6.45) is 18.3. The Hall–Kier alpha value is -1.05. The van der Waals surface area contributed by atoms with Crippen molar-refractivity contribution < 1.29 is 9.53 Å². The molecular weight excluding hydrogens is 224 g/mol. The Balaban J connectivity index is 3.11. The Morgan fingerprint density at radius 1 is 0.944 bits per heavy atom. The summed E-state index contributed by atoms with van der Waals surface area (Å²) in [4.78, 5) is 10.5. The number of allylic oxidation sites excluding steroid dienone is 4. The highest BCUT2D eigenvalue weighted by molar-refractivity contribution is 5.65. The summed E-state index contributed by atoms with van der Waals surface area (Å²) in [5, 5.41) is 0. The minimum absolute atomic E-state index is 0.169. The molecule has 0 unspecified atom stereocenters. The monoisotopic (exact) mass is 252 g/mol. The fourth-order valence-electron chi connectivity index (χ4n) is 1.67. The lowest BCUT2D eigenvalue weighted by Crippen LogP contribution is -1.99. The topological polar surface area (TPSA) is 26.3 Å². The van der Waals surface area contributed by atoms with Gasteiger partial charge in [-0.25, -0.2) is 0 Å². The van der Waals surface area contributed by atoms with E-state index >= 15 is 0 Å². The highest BCUT2D eigenvalue weighted by Crippen LogP contribution is 2.06. The number of esters is 1. The summed E-state index contributed by atoms with van der Waals surface area (Å²) in [5.74, 6) is -0.169. The zero-order chi connectivity index (χ0) is 13.5. The van der Waals surface area contributed by atoms with Gasteiger partial charge in [0.1, 0.15) is 0 Å². The molecule has 0 aliphatic heterocycles. The molecule has 2 nitrogen and oxygen atoms in total. The molecular formula is C16H28O2. The van der Waals surface area contributed by atoms with E-state index in [1.165, 1.54) is 32.6 Å². The van der Waals surface area contributed by atoms with Crippen molar-refractivity contribution in [1.82, 2.24) is 0 Å². The Morgan fingerprint density at radius 2 is 1.61 bits per heavy atom. The van der Waals surface area contributed by atoms with Crippen LogP contribution in [0.5, 0.6) is 0 Å². The number of hydrogen-bond acceptors (Lipinski definition) is 2. The number of unbranched alkanes of at least 4 members (excludes halogenated alkanes) is 5. The van der Waals surface area contributed by atoms with Crippen molar-refractivity contribution in [2.45, 2.75) is 65.2 Å². The molecule has 0 amide bonds. The van der Waals surface area contributed by atoms with Crippen molar-refractivity contribution in [3.8, 4) is 0 Å². The maximum absolute atomic E-state index is 10.5. The molecule has 0 saturated carbocycles. The van der Waals surface area contributed by atoms with E-state index in [4.69, 9.17) is 4.74 Å². The number of carbonyl (C=O) groups is 1. The third-order valence-electron chi connectivity index (χ3n) is 2.66. The van der Waals surface area contributed by atoms with Crippen LogP contribution < -0.4 is 0 Å². The Morgan fingerprint density at radius 3 is 2.33 bits per heavy atom. The quantitative estimate of drug-likeness (QED) is 0.300. The highest BCUT2D eigenvalue weighted by atomic mass is 16.5. The largest absolute Gasteiger partial charge is 0.466 e. The van der Waals surface area contributed by atoms with E-state index in [1.54, 1.807) is 0 Å². The molecule has 0 aromatic heterocycles. The minimum atomic E-state index is -0.169. The number of hydrogen-bond donors (Lipinski definition) is 0. The lowest BCUT2D eigenvalue weighted by molar-refractivity contribution is -0.141. The van der Waals surface area contributed by atoms with Crippen LogP contribution in [0, 0.1) is 0 Å². The summed E-state index contributed by atoms with van der Waals surface area (Å²) in [5.41, 5.74) is 0. The van der Waals surface area contributed by atoms with Gasteiger partial charge in [0.2, 0.25) is 0 Å². The molecule has 0 atom stereocenters. The molecule has 2 heteroatoms. The molecule has 0 radical (unpaired) electrons. The van der Waals surface area contributed by atoms with Crippen LogP contribution >= 0.6 is 0 Å². The fraction of sp³-hybridized carbons (Fsp3) is 0.688. The van der Waals surface area contributed by atoms with Crippen LogP contribution in [-0.2, 0) is 9.53 Å². The normalized spacial score (nSPS) is 11.4. The van der Waals surface area contributed by atoms with Crippen LogP contribution in [0.4, 0.5) is 0 Å². The van der Waals surface area contributed by atoms with Gasteiger partial charge in [-0.15, -0.1) is 0 Å². The molecule has 0 heterocycles. The van der Waals surface area contributed by atoms with Crippen molar-refractivity contribution in [1.29, 1.82) is 0 Å². The molecule has 18 heavy (non-hydrogen) atoms. The van der Waals surface area contributed by atoms with Crippen LogP contribution in [0.25, 0.3) is 0 Å². The first-order valence-corrected chi connectivity index (χ1v) is 7.20. The van der Waals surface area contributed by atoms with Gasteiger partial charge in [-0.3, -0.25) is 4.79 Å². The molecule has 0 aromatic rings. The second kappa shape index (κ2) is 14.0. The molecule has 0 fully saturated rings. The van der Waals surface area contributed by atoms with Crippen molar-refractivity contribution in [3.63, 3.8) is 0 Å². The van der Waals surface area contributed by atoms with Gasteiger partial charge in [-0.05, 0) is 32.1 Å². The van der Waals surface area contributed by atoms with E-state index in [-0.39, 0.29) is 5.97 Å². The van der Waals surface area contributed by atoms with Crippen LogP contribution in [0.3, 0.4) is 0 Å². The molecule has 0 bridgehead atoms. The van der Waals surface area contributed by atoms with Gasteiger partial charge in [0, 0.05) is 6.92 Å². The summed E-state index contributed by atoms with van der Waals surface area (Å²) in [6.45, 7) is 4.20. The van der Waals surface area contributed by atoms with Crippen LogP contribution in [0.1, 0.15) is 65.2 Å². The fourth-order valence-corrected chi connectivity index (χ4v) is 1.67. The maximum Gasteiger partial charge on any atom is 0.302 e. The highest BCUT2D eigenvalue weighted by Gasteiger charge is 1.93. The van der Waals surface area contributed by atoms with Crippen molar-refractivity contribution in [2.24, 2.45) is 0 Å². The molecule has 0 N–H and O–H groups in total. The molecule has 0 spiro atoms. The lowest BCUT2D eigenvalue weighted by Gasteiger charge is -2.01. The number of ether oxygens (including phenoxy) is 1. The van der Waals surface area contributed by atoms with E-state index in [2.05, 4.69) is 31.2 Å². The molecule has 0 aromatic carbocycles. The molecule has 0 rings (SSSR count). The van der Waals surface area contributed by atoms with E-state index < -0.39 is 0 Å². The van der Waals surface area contributed by atoms with E-state index in [0.29, 0.717) is 6.61 Å². The second-order valence-electron chi connectivity index (χ2n) is 4.48. The predicted octanol–water partition coefficient (Wildman–Crippen LogP) is 4.80. The summed E-state index contributed by atoms with van der Waals surface area (Å²) >= 11 is 0. The Kier molecular flexibility index (Phi) is 13.2. The molecule has 104 valence electrons. The summed E-state index contributed by atoms with van der Waals surface area (Å²) in [7, 11) is 0. The van der Waals surface area contributed by atoms with Gasteiger partial charge in [0.05, 0.1) is 6.61 Å². The van der Waals surface area contributed by atoms with Crippen LogP contribution in [0.15, 0.2) is 24.3 Å². The van der Waals surface area contributed by atoms with Gasteiger partial charge in [-0.2, -0.15) is 0 Å². The standard InChI is InChI=1S/C16H28O2/c1-3-4-5-6-7-8-9-10-11-12-13-14-15-18-16(2)17/h4-5,7-8H,3,6,9-15H2,1-2H3/b5-4-,8-7+. The van der Waals surface area contributed by atoms with Gasteiger partial charge in [0.25, 0.3) is 0 Å². The molecule has 0 aliphatic rings. The second-order valence-corrected chi connectivity index (χ2v) is 4.48. The van der Waals surface area contributed by atoms with Crippen molar-refractivity contribution in [3.05, 3.63) is 24.3 Å². The zero-order valence-electron chi connectivity index (χ0n) is 12.0. The number of rotatable bonds is 11. The predicted molar refractivity (Wildman–Crippen MR) is 77.5 cm³/mol. The summed E-state index contributed by atoms with van der Waals surface area (Å²) in [6, 6.07) is 0. The van der Waals surface area contributed by atoms with Gasteiger partial charge in [0.15, 0.2) is 0 Å². The Labute approximate surface area is 112 Å². The summed E-state index contributed by atoms with van der Waals surface area (Å²) < 4.78 is 4.88. The number of carbonyl (C=O) groups excluding carboxylic acids is 1. The van der Waals surface area contributed by atoms with Crippen molar-refractivity contribution >= 4 is 5.97 Å². The van der Waals surface area contributed by atoms with E-state index in [1.807, 2.05) is 0 Å². The Bertz CT molecular complexity index is 241. The third-order valence-corrected chi connectivity index (χ3v) is 2.66. The first kappa shape index (κ1) is 16.9.